The first-order valence-corrected chi connectivity index (χ1v) is 13.3. The van der Waals surface area contributed by atoms with Crippen LogP contribution in [0.4, 0.5) is 0 Å². The van der Waals surface area contributed by atoms with Gasteiger partial charge in [0.1, 0.15) is 0 Å². The summed E-state index contributed by atoms with van der Waals surface area (Å²) in [4.78, 5) is 25.4. The second-order valence-electron chi connectivity index (χ2n) is 9.47. The standard InChI is InChI=1S/C23H33N3O3Si/c1-23(2,3)30(6,7)29-15-11-14-26-16-18-19(20(26)17-12-9-8-10-13-17)21(27)25(5)22(28)24(18)4/h8-10,12-13,16H,11,14-15H2,1-7H3. The molecule has 0 bridgehead atoms. The molecule has 1 aromatic carbocycles. The highest BCUT2D eigenvalue weighted by molar-refractivity contribution is 6.74. The fourth-order valence-corrected chi connectivity index (χ4v) is 4.54. The summed E-state index contributed by atoms with van der Waals surface area (Å²) in [5.41, 5.74) is 1.91. The lowest BCUT2D eigenvalue weighted by molar-refractivity contribution is 0.275. The molecule has 2 heterocycles. The van der Waals surface area contributed by atoms with E-state index in [2.05, 4.69) is 38.4 Å². The van der Waals surface area contributed by atoms with E-state index in [4.69, 9.17) is 4.43 Å². The van der Waals surface area contributed by atoms with E-state index in [-0.39, 0.29) is 16.3 Å². The van der Waals surface area contributed by atoms with Crippen molar-refractivity contribution in [3.63, 3.8) is 0 Å². The molecule has 0 amide bonds. The van der Waals surface area contributed by atoms with Crippen LogP contribution in [0.1, 0.15) is 27.2 Å². The van der Waals surface area contributed by atoms with E-state index in [0.717, 1.165) is 17.7 Å². The molecule has 3 rings (SSSR count). The van der Waals surface area contributed by atoms with Crippen molar-refractivity contribution in [2.75, 3.05) is 6.61 Å². The minimum absolute atomic E-state index is 0.175. The Balaban J connectivity index is 2.01. The molecule has 0 radical (unpaired) electrons. The summed E-state index contributed by atoms with van der Waals surface area (Å²) in [6.07, 6.45) is 2.76. The third-order valence-electron chi connectivity index (χ3n) is 6.37. The summed E-state index contributed by atoms with van der Waals surface area (Å²) < 4.78 is 11.1. The zero-order chi connectivity index (χ0) is 22.3. The molecule has 0 spiro atoms. The molecule has 0 saturated carbocycles. The summed E-state index contributed by atoms with van der Waals surface area (Å²) in [5.74, 6) is 0. The quantitative estimate of drug-likeness (QED) is 0.439. The number of fused-ring (bicyclic) bond motifs is 1. The van der Waals surface area contributed by atoms with E-state index in [1.807, 2.05) is 36.5 Å². The molecule has 0 unspecified atom stereocenters. The summed E-state index contributed by atoms with van der Waals surface area (Å²) in [7, 11) is 1.45. The van der Waals surface area contributed by atoms with Gasteiger partial charge in [-0.25, -0.2) is 4.79 Å². The van der Waals surface area contributed by atoms with E-state index in [9.17, 15) is 9.59 Å². The first-order chi connectivity index (χ1) is 14.0. The van der Waals surface area contributed by atoms with Gasteiger partial charge in [0.2, 0.25) is 0 Å². The minimum Gasteiger partial charge on any atom is -0.417 e. The summed E-state index contributed by atoms with van der Waals surface area (Å²) in [5, 5.41) is 0.755. The lowest BCUT2D eigenvalue weighted by Gasteiger charge is -2.36. The smallest absolute Gasteiger partial charge is 0.330 e. The van der Waals surface area contributed by atoms with Crippen LogP contribution in [0.15, 0.2) is 46.1 Å². The topological polar surface area (TPSA) is 58.2 Å². The average Bonchev–Trinajstić information content (AvgIpc) is 3.07. The molecule has 30 heavy (non-hydrogen) atoms. The van der Waals surface area contributed by atoms with Gasteiger partial charge in [-0.3, -0.25) is 13.9 Å². The average molecular weight is 428 g/mol. The van der Waals surface area contributed by atoms with Gasteiger partial charge in [-0.05, 0) is 30.1 Å². The molecule has 0 aliphatic heterocycles. The summed E-state index contributed by atoms with van der Waals surface area (Å²) in [6.45, 7) is 12.6. The maximum absolute atomic E-state index is 13.0. The SMILES string of the molecule is Cn1c(=O)c2c(-c3ccccc3)n(CCCO[Si](C)(C)C(C)(C)C)cc2n(C)c1=O. The highest BCUT2D eigenvalue weighted by Gasteiger charge is 2.36. The Morgan fingerprint density at radius 2 is 1.63 bits per heavy atom. The summed E-state index contributed by atoms with van der Waals surface area (Å²) >= 11 is 0. The van der Waals surface area contributed by atoms with Crippen LogP contribution in [-0.4, -0.2) is 28.6 Å². The van der Waals surface area contributed by atoms with Crippen LogP contribution in [0.25, 0.3) is 22.2 Å². The van der Waals surface area contributed by atoms with Gasteiger partial charge in [0.05, 0.1) is 16.6 Å². The van der Waals surface area contributed by atoms with Gasteiger partial charge in [-0.2, -0.15) is 0 Å². The molecule has 162 valence electrons. The van der Waals surface area contributed by atoms with Crippen LogP contribution >= 0.6 is 0 Å². The Morgan fingerprint density at radius 1 is 1.00 bits per heavy atom. The van der Waals surface area contributed by atoms with Gasteiger partial charge in [0.25, 0.3) is 5.56 Å². The van der Waals surface area contributed by atoms with Gasteiger partial charge < -0.3 is 8.99 Å². The third-order valence-corrected chi connectivity index (χ3v) is 10.9. The summed E-state index contributed by atoms with van der Waals surface area (Å²) in [6, 6.07) is 9.89. The molecule has 2 aromatic heterocycles. The van der Waals surface area contributed by atoms with E-state index >= 15 is 0 Å². The number of aryl methyl sites for hydroxylation is 2. The van der Waals surface area contributed by atoms with Crippen LogP contribution in [0.3, 0.4) is 0 Å². The lowest BCUT2D eigenvalue weighted by atomic mass is 10.1. The zero-order valence-corrected chi connectivity index (χ0v) is 20.2. The molecule has 0 atom stereocenters. The number of hydrogen-bond acceptors (Lipinski definition) is 3. The normalized spacial score (nSPS) is 12.6. The Kier molecular flexibility index (Phi) is 5.98. The number of hydrogen-bond donors (Lipinski definition) is 0. The maximum atomic E-state index is 13.0. The minimum atomic E-state index is -1.79. The predicted molar refractivity (Wildman–Crippen MR) is 126 cm³/mol. The van der Waals surface area contributed by atoms with E-state index < -0.39 is 8.32 Å². The van der Waals surface area contributed by atoms with Crippen LogP contribution in [0, 0.1) is 0 Å². The zero-order valence-electron chi connectivity index (χ0n) is 19.2. The Labute approximate surface area is 178 Å². The largest absolute Gasteiger partial charge is 0.417 e. The number of benzene rings is 1. The Bertz CT molecular complexity index is 1160. The molecule has 0 aliphatic rings. The van der Waals surface area contributed by atoms with Crippen molar-refractivity contribution in [1.29, 1.82) is 0 Å². The number of nitrogens with zero attached hydrogens (tertiary/aromatic N) is 3. The molecular formula is C23H33N3O3Si. The number of aromatic nitrogens is 3. The van der Waals surface area contributed by atoms with Crippen LogP contribution in [-0.2, 0) is 25.1 Å². The fourth-order valence-electron chi connectivity index (χ4n) is 3.45. The molecule has 0 aliphatic carbocycles. The van der Waals surface area contributed by atoms with Crippen LogP contribution in [0.5, 0.6) is 0 Å². The van der Waals surface area contributed by atoms with Crippen molar-refractivity contribution >= 4 is 19.2 Å². The van der Waals surface area contributed by atoms with Crippen molar-refractivity contribution in [3.8, 4) is 11.3 Å². The fraction of sp³-hybridized carbons (Fsp3) is 0.478. The molecule has 0 fully saturated rings. The molecular weight excluding hydrogens is 394 g/mol. The third kappa shape index (κ3) is 3.96. The molecule has 0 N–H and O–H groups in total. The Hall–Kier alpha value is -2.38. The van der Waals surface area contributed by atoms with E-state index in [1.54, 1.807) is 11.6 Å². The second-order valence-corrected chi connectivity index (χ2v) is 14.3. The first-order valence-electron chi connectivity index (χ1n) is 10.4. The Morgan fingerprint density at radius 3 is 2.23 bits per heavy atom. The highest BCUT2D eigenvalue weighted by atomic mass is 28.4. The van der Waals surface area contributed by atoms with Crippen molar-refractivity contribution in [2.45, 2.75) is 51.9 Å². The van der Waals surface area contributed by atoms with E-state index in [0.29, 0.717) is 24.1 Å². The molecule has 3 aromatic rings. The lowest BCUT2D eigenvalue weighted by Crippen LogP contribution is -2.41. The molecule has 0 saturated heterocycles. The second kappa shape index (κ2) is 8.04. The van der Waals surface area contributed by atoms with Gasteiger partial charge in [-0.15, -0.1) is 0 Å². The van der Waals surface area contributed by atoms with E-state index in [1.165, 1.54) is 11.6 Å². The van der Waals surface area contributed by atoms with Gasteiger partial charge in [0.15, 0.2) is 8.32 Å². The van der Waals surface area contributed by atoms with Crippen molar-refractivity contribution in [3.05, 3.63) is 57.4 Å². The maximum Gasteiger partial charge on any atom is 0.330 e. The molecule has 6 nitrogen and oxygen atoms in total. The van der Waals surface area contributed by atoms with Crippen molar-refractivity contribution in [1.82, 2.24) is 13.7 Å². The van der Waals surface area contributed by atoms with Gasteiger partial charge in [0, 0.05) is 33.4 Å². The van der Waals surface area contributed by atoms with Gasteiger partial charge in [-0.1, -0.05) is 51.1 Å². The monoisotopic (exact) mass is 427 g/mol. The molecule has 7 heteroatoms. The van der Waals surface area contributed by atoms with Crippen LogP contribution < -0.4 is 11.2 Å². The first kappa shape index (κ1) is 22.3. The van der Waals surface area contributed by atoms with Crippen molar-refractivity contribution < 1.29 is 4.43 Å². The van der Waals surface area contributed by atoms with Crippen LogP contribution in [0.2, 0.25) is 18.1 Å². The van der Waals surface area contributed by atoms with Crippen molar-refractivity contribution in [2.24, 2.45) is 14.1 Å². The number of rotatable bonds is 6. The van der Waals surface area contributed by atoms with Gasteiger partial charge >= 0.3 is 5.69 Å². The predicted octanol–water partition coefficient (Wildman–Crippen LogP) is 4.12. The highest BCUT2D eigenvalue weighted by Crippen LogP contribution is 2.36.